The quantitative estimate of drug-likeness (QED) is 0.270. The zero-order valence-electron chi connectivity index (χ0n) is 20.8. The Morgan fingerprint density at radius 3 is 2.74 bits per heavy atom. The number of carbonyl (C=O) groups excluding carboxylic acids is 2. The van der Waals surface area contributed by atoms with Gasteiger partial charge in [0, 0.05) is 34.9 Å². The molecule has 2 fully saturated rings. The Kier molecular flexibility index (Phi) is 5.13. The minimum Gasteiger partial charge on any atom is -0.458 e. The van der Waals surface area contributed by atoms with Gasteiger partial charge in [0.2, 0.25) is 5.28 Å². The van der Waals surface area contributed by atoms with Crippen LogP contribution in [-0.4, -0.2) is 27.4 Å². The van der Waals surface area contributed by atoms with E-state index >= 15 is 0 Å². The number of rotatable bonds is 3. The molecule has 0 N–H and O–H groups in total. The maximum absolute atomic E-state index is 12.6. The van der Waals surface area contributed by atoms with Gasteiger partial charge in [-0.05, 0) is 74.6 Å². The molecule has 0 amide bonds. The molecule has 184 valence electrons. The lowest BCUT2D eigenvalue weighted by Gasteiger charge is -2.63. The molecule has 0 saturated heterocycles. The normalized spacial score (nSPS) is 36.3. The molecule has 6 rings (SSSR count). The number of hydrogen-bond acceptors (Lipinski definition) is 4. The van der Waals surface area contributed by atoms with Crippen molar-refractivity contribution in [2.45, 2.75) is 77.7 Å². The molecule has 0 bridgehead atoms. The fourth-order valence-electron chi connectivity index (χ4n) is 8.51. The van der Waals surface area contributed by atoms with Gasteiger partial charge in [-0.25, -0.2) is 4.98 Å². The minimum atomic E-state index is -0.530. The van der Waals surface area contributed by atoms with Gasteiger partial charge in [0.05, 0.1) is 11.0 Å². The Balaban J connectivity index is 1.51. The lowest BCUT2D eigenvalue weighted by atomic mass is 9.45. The van der Waals surface area contributed by atoms with E-state index in [1.807, 2.05) is 28.8 Å². The molecule has 1 aromatic heterocycles. The fourth-order valence-corrected chi connectivity index (χ4v) is 8.77. The van der Waals surface area contributed by atoms with E-state index in [4.69, 9.17) is 16.3 Å². The summed E-state index contributed by atoms with van der Waals surface area (Å²) < 4.78 is 8.47. The molecule has 35 heavy (non-hydrogen) atoms. The number of halogens is 1. The minimum absolute atomic E-state index is 0.148. The van der Waals surface area contributed by atoms with E-state index in [9.17, 15) is 9.59 Å². The molecule has 4 aliphatic rings. The first-order valence-corrected chi connectivity index (χ1v) is 13.3. The van der Waals surface area contributed by atoms with Crippen molar-refractivity contribution in [1.29, 1.82) is 0 Å². The highest BCUT2D eigenvalue weighted by molar-refractivity contribution is 6.30. The number of aldehydes is 1. The molecule has 1 aromatic carbocycles. The molecular formula is C29H33ClN2O3. The van der Waals surface area contributed by atoms with Gasteiger partial charge >= 0.3 is 5.97 Å². The Bertz CT molecular complexity index is 1310. The highest BCUT2D eigenvalue weighted by atomic mass is 35.5. The molecule has 5 nitrogen and oxygen atoms in total. The monoisotopic (exact) mass is 492 g/mol. The summed E-state index contributed by atoms with van der Waals surface area (Å²) in [7, 11) is 0. The van der Waals surface area contributed by atoms with Crippen molar-refractivity contribution < 1.29 is 14.3 Å². The largest absolute Gasteiger partial charge is 0.458 e. The highest BCUT2D eigenvalue weighted by Crippen LogP contribution is 2.69. The first-order chi connectivity index (χ1) is 16.7. The summed E-state index contributed by atoms with van der Waals surface area (Å²) in [5.74, 6) is 0.134. The van der Waals surface area contributed by atoms with Crippen LogP contribution in [0.3, 0.4) is 0 Å². The summed E-state index contributed by atoms with van der Waals surface area (Å²) in [5, 5.41) is 0.393. The standard InChI is InChI=1S/C29H33ClN2O3/c1-18(34)35-29-15-14-27(2)22(21(29)12-11-20-8-6-7-13-28(20,29)3)16-19(17-33)25(27)32-24-10-5-4-9-23(24)31-26(32)30/h4-5,9-11,17,21-22H,6-8,12-16H2,1-3H3/t21-,22-,27-,28-,29?/m0/s1. The van der Waals surface area contributed by atoms with Crippen molar-refractivity contribution in [1.82, 2.24) is 9.55 Å². The first-order valence-electron chi connectivity index (χ1n) is 13.0. The Morgan fingerprint density at radius 1 is 1.17 bits per heavy atom. The summed E-state index contributed by atoms with van der Waals surface area (Å²) in [6.07, 6.45) is 11.1. The number of imidazole rings is 1. The van der Waals surface area contributed by atoms with Crippen LogP contribution >= 0.6 is 11.6 Å². The molecular weight excluding hydrogens is 460 g/mol. The van der Waals surface area contributed by atoms with Crippen LogP contribution in [0, 0.1) is 22.7 Å². The predicted molar refractivity (Wildman–Crippen MR) is 137 cm³/mol. The summed E-state index contributed by atoms with van der Waals surface area (Å²) in [6, 6.07) is 7.91. The Morgan fingerprint density at radius 2 is 1.97 bits per heavy atom. The van der Waals surface area contributed by atoms with Crippen LogP contribution in [-0.2, 0) is 14.3 Å². The maximum atomic E-state index is 12.6. The average Bonchev–Trinajstić information content (AvgIpc) is 3.31. The number of carbonyl (C=O) groups is 2. The van der Waals surface area contributed by atoms with Gasteiger partial charge in [0.1, 0.15) is 11.9 Å². The smallest absolute Gasteiger partial charge is 0.303 e. The number of aromatic nitrogens is 2. The zero-order chi connectivity index (χ0) is 24.6. The van der Waals surface area contributed by atoms with E-state index in [1.165, 1.54) is 12.0 Å². The SMILES string of the molecule is CC(=O)OC12CC[C@]3(C)C(n4c(Cl)nc5ccccc54)=C(C=O)C[C@H]3[C@@H]1CC=C1CCCC[C@@]12C. The van der Waals surface area contributed by atoms with Gasteiger partial charge in [-0.15, -0.1) is 0 Å². The Hall–Kier alpha value is -2.40. The van der Waals surface area contributed by atoms with Crippen molar-refractivity contribution in [2.24, 2.45) is 22.7 Å². The van der Waals surface area contributed by atoms with Gasteiger partial charge in [0.15, 0.2) is 0 Å². The highest BCUT2D eigenvalue weighted by Gasteiger charge is 2.67. The third-order valence-corrected chi connectivity index (χ3v) is 10.3. The predicted octanol–water partition coefficient (Wildman–Crippen LogP) is 6.75. The number of fused-ring (bicyclic) bond motifs is 6. The first kappa shape index (κ1) is 23.0. The number of esters is 1. The second-order valence-corrected chi connectivity index (χ2v) is 11.9. The van der Waals surface area contributed by atoms with Crippen LogP contribution in [0.2, 0.25) is 5.28 Å². The third-order valence-electron chi connectivity index (χ3n) is 10.0. The second kappa shape index (κ2) is 7.80. The summed E-state index contributed by atoms with van der Waals surface area (Å²) in [4.78, 5) is 29.7. The van der Waals surface area contributed by atoms with E-state index < -0.39 is 5.60 Å². The molecule has 2 saturated carbocycles. The lowest BCUT2D eigenvalue weighted by molar-refractivity contribution is -0.211. The van der Waals surface area contributed by atoms with Gasteiger partial charge < -0.3 is 4.74 Å². The number of para-hydroxylation sites is 2. The number of allylic oxidation sites excluding steroid dienone is 3. The van der Waals surface area contributed by atoms with Gasteiger partial charge in [0.25, 0.3) is 0 Å². The second-order valence-electron chi connectivity index (χ2n) is 11.5. The molecule has 0 radical (unpaired) electrons. The summed E-state index contributed by atoms with van der Waals surface area (Å²) >= 11 is 6.73. The van der Waals surface area contributed by atoms with E-state index in [0.29, 0.717) is 11.7 Å². The maximum Gasteiger partial charge on any atom is 0.303 e. The number of hydrogen-bond donors (Lipinski definition) is 0. The van der Waals surface area contributed by atoms with E-state index in [-0.39, 0.29) is 28.6 Å². The van der Waals surface area contributed by atoms with Gasteiger partial charge in [-0.1, -0.05) is 44.1 Å². The molecule has 0 spiro atoms. The van der Waals surface area contributed by atoms with Crippen LogP contribution in [0.1, 0.15) is 72.1 Å². The number of benzene rings is 1. The average molecular weight is 493 g/mol. The van der Waals surface area contributed by atoms with Crippen molar-refractivity contribution in [2.75, 3.05) is 0 Å². The van der Waals surface area contributed by atoms with Crippen LogP contribution in [0.15, 0.2) is 41.5 Å². The zero-order valence-corrected chi connectivity index (χ0v) is 21.5. The topological polar surface area (TPSA) is 61.2 Å². The van der Waals surface area contributed by atoms with Crippen molar-refractivity contribution in [3.63, 3.8) is 0 Å². The van der Waals surface area contributed by atoms with Crippen molar-refractivity contribution in [3.05, 3.63) is 46.8 Å². The lowest BCUT2D eigenvalue weighted by Crippen LogP contribution is -2.64. The Labute approximate surface area is 211 Å². The summed E-state index contributed by atoms with van der Waals surface area (Å²) in [6.45, 7) is 6.17. The van der Waals surface area contributed by atoms with Gasteiger partial charge in [-0.3, -0.25) is 14.2 Å². The summed E-state index contributed by atoms with van der Waals surface area (Å²) in [5.41, 5.74) is 4.05. The molecule has 4 aliphatic carbocycles. The van der Waals surface area contributed by atoms with Crippen molar-refractivity contribution in [3.8, 4) is 0 Å². The van der Waals surface area contributed by atoms with Crippen LogP contribution < -0.4 is 0 Å². The molecule has 1 unspecified atom stereocenters. The van der Waals surface area contributed by atoms with Crippen LogP contribution in [0.5, 0.6) is 0 Å². The van der Waals surface area contributed by atoms with Crippen LogP contribution in [0.4, 0.5) is 0 Å². The van der Waals surface area contributed by atoms with E-state index in [0.717, 1.165) is 67.1 Å². The molecule has 5 atom stereocenters. The number of nitrogens with zero attached hydrogens (tertiary/aromatic N) is 2. The third kappa shape index (κ3) is 2.97. The van der Waals surface area contributed by atoms with E-state index in [2.05, 4.69) is 24.9 Å². The van der Waals surface area contributed by atoms with Crippen molar-refractivity contribution >= 4 is 40.6 Å². The van der Waals surface area contributed by atoms with Crippen LogP contribution in [0.25, 0.3) is 16.7 Å². The molecule has 6 heteroatoms. The number of ether oxygens (including phenoxy) is 1. The molecule has 0 aliphatic heterocycles. The van der Waals surface area contributed by atoms with E-state index in [1.54, 1.807) is 6.92 Å². The molecule has 1 heterocycles. The fraction of sp³-hybridized carbons (Fsp3) is 0.552. The molecule has 2 aromatic rings. The van der Waals surface area contributed by atoms with Gasteiger partial charge in [-0.2, -0.15) is 0 Å².